The fraction of sp³-hybridized carbons (Fsp3) is 0.571. The molecule has 1 aromatic rings. The van der Waals surface area contributed by atoms with E-state index in [0.717, 1.165) is 18.0 Å². The maximum Gasteiger partial charge on any atom is 0.119 e. The van der Waals surface area contributed by atoms with E-state index >= 15 is 0 Å². The van der Waals surface area contributed by atoms with E-state index in [4.69, 9.17) is 10.5 Å². The molecule has 4 heteroatoms. The zero-order valence-electron chi connectivity index (χ0n) is 11.1. The van der Waals surface area contributed by atoms with Crippen LogP contribution in [0.15, 0.2) is 24.3 Å². The van der Waals surface area contributed by atoms with Gasteiger partial charge in [-0.15, -0.1) is 0 Å². The second-order valence-electron chi connectivity index (χ2n) is 4.65. The number of nitrogens with zero attached hydrogens (tertiary/aromatic N) is 1. The highest BCUT2D eigenvalue weighted by Gasteiger charge is 2.26. The predicted octanol–water partition coefficient (Wildman–Crippen LogP) is 2.13. The molecule has 0 aliphatic carbocycles. The molecule has 2 atom stereocenters. The molecule has 2 rings (SSSR count). The molecule has 100 valence electrons. The van der Waals surface area contributed by atoms with Crippen molar-refractivity contribution in [2.45, 2.75) is 19.0 Å². The minimum atomic E-state index is 0.0819. The van der Waals surface area contributed by atoms with Crippen LogP contribution in [-0.4, -0.2) is 42.6 Å². The van der Waals surface area contributed by atoms with E-state index in [0.29, 0.717) is 12.6 Å². The molecular weight excluding hydrogens is 244 g/mol. The van der Waals surface area contributed by atoms with Crippen molar-refractivity contribution < 1.29 is 4.74 Å². The third-order valence-electron chi connectivity index (χ3n) is 3.43. The smallest absolute Gasteiger partial charge is 0.119 e. The second kappa shape index (κ2) is 6.45. The Morgan fingerprint density at radius 2 is 2.17 bits per heavy atom. The lowest BCUT2D eigenvalue weighted by Gasteiger charge is -2.36. The Morgan fingerprint density at radius 3 is 2.78 bits per heavy atom. The summed E-state index contributed by atoms with van der Waals surface area (Å²) in [5.41, 5.74) is 7.58. The standard InChI is InChI=1S/C14H22N2OS/c1-3-17-12-6-4-11(5-7-12)14(15)13-10-18-9-8-16(13)2/h4-7,13-14H,3,8-10,15H2,1-2H3. The molecule has 2 unspecified atom stereocenters. The molecule has 0 amide bonds. The zero-order valence-corrected chi connectivity index (χ0v) is 12.0. The molecular formula is C14H22N2OS. The minimum absolute atomic E-state index is 0.0819. The van der Waals surface area contributed by atoms with Crippen LogP contribution in [0.2, 0.25) is 0 Å². The summed E-state index contributed by atoms with van der Waals surface area (Å²) in [5.74, 6) is 3.24. The van der Waals surface area contributed by atoms with Gasteiger partial charge in [-0.05, 0) is 31.7 Å². The molecule has 1 heterocycles. The van der Waals surface area contributed by atoms with Crippen LogP contribution in [0.5, 0.6) is 5.75 Å². The van der Waals surface area contributed by atoms with Crippen molar-refractivity contribution in [1.82, 2.24) is 4.90 Å². The molecule has 1 aliphatic heterocycles. The van der Waals surface area contributed by atoms with Crippen molar-refractivity contribution in [3.63, 3.8) is 0 Å². The van der Waals surface area contributed by atoms with Gasteiger partial charge in [-0.1, -0.05) is 12.1 Å². The molecule has 0 bridgehead atoms. The summed E-state index contributed by atoms with van der Waals surface area (Å²) in [6.45, 7) is 3.82. The van der Waals surface area contributed by atoms with E-state index in [9.17, 15) is 0 Å². The van der Waals surface area contributed by atoms with Crippen LogP contribution in [0.25, 0.3) is 0 Å². The predicted molar refractivity (Wildman–Crippen MR) is 78.3 cm³/mol. The lowest BCUT2D eigenvalue weighted by atomic mass is 10.00. The Morgan fingerprint density at radius 1 is 1.44 bits per heavy atom. The quantitative estimate of drug-likeness (QED) is 0.906. The van der Waals surface area contributed by atoms with Crippen LogP contribution >= 0.6 is 11.8 Å². The fourth-order valence-electron chi connectivity index (χ4n) is 2.26. The molecule has 18 heavy (non-hydrogen) atoms. The van der Waals surface area contributed by atoms with Crippen molar-refractivity contribution in [2.75, 3.05) is 31.7 Å². The summed E-state index contributed by atoms with van der Waals surface area (Å²) in [6, 6.07) is 8.70. The number of nitrogens with two attached hydrogens (primary N) is 1. The van der Waals surface area contributed by atoms with Crippen molar-refractivity contribution in [2.24, 2.45) is 5.73 Å². The Labute approximate surface area is 114 Å². The van der Waals surface area contributed by atoms with E-state index in [1.54, 1.807) is 0 Å². The molecule has 0 radical (unpaired) electrons. The summed E-state index contributed by atoms with van der Waals surface area (Å²) in [4.78, 5) is 2.37. The number of ether oxygens (including phenoxy) is 1. The molecule has 1 saturated heterocycles. The molecule has 0 spiro atoms. The average molecular weight is 266 g/mol. The monoisotopic (exact) mass is 266 g/mol. The maximum absolute atomic E-state index is 6.39. The first-order valence-corrected chi connectivity index (χ1v) is 7.64. The second-order valence-corrected chi connectivity index (χ2v) is 5.80. The summed E-state index contributed by atoms with van der Waals surface area (Å²) < 4.78 is 5.45. The summed E-state index contributed by atoms with van der Waals surface area (Å²) in [5, 5.41) is 0. The fourth-order valence-corrected chi connectivity index (χ4v) is 3.55. The van der Waals surface area contributed by atoms with Crippen molar-refractivity contribution >= 4 is 11.8 Å². The maximum atomic E-state index is 6.39. The van der Waals surface area contributed by atoms with Crippen molar-refractivity contribution in [1.29, 1.82) is 0 Å². The van der Waals surface area contributed by atoms with Gasteiger partial charge in [0.1, 0.15) is 5.75 Å². The third kappa shape index (κ3) is 3.19. The van der Waals surface area contributed by atoms with Crippen molar-refractivity contribution in [3.8, 4) is 5.75 Å². The van der Waals surface area contributed by atoms with Gasteiger partial charge in [-0.2, -0.15) is 11.8 Å². The molecule has 2 N–H and O–H groups in total. The average Bonchev–Trinajstić information content (AvgIpc) is 2.40. The highest BCUT2D eigenvalue weighted by molar-refractivity contribution is 7.99. The molecule has 1 aromatic carbocycles. The Hall–Kier alpha value is -0.710. The largest absolute Gasteiger partial charge is 0.494 e. The van der Waals surface area contributed by atoms with Crippen LogP contribution in [0.4, 0.5) is 0 Å². The first kappa shape index (κ1) is 13.7. The van der Waals surface area contributed by atoms with Crippen LogP contribution < -0.4 is 10.5 Å². The van der Waals surface area contributed by atoms with Crippen molar-refractivity contribution in [3.05, 3.63) is 29.8 Å². The van der Waals surface area contributed by atoms with Crippen LogP contribution in [0, 0.1) is 0 Å². The van der Waals surface area contributed by atoms with E-state index in [1.807, 2.05) is 30.8 Å². The first-order valence-electron chi connectivity index (χ1n) is 6.48. The van der Waals surface area contributed by atoms with Crippen LogP contribution in [-0.2, 0) is 0 Å². The molecule has 1 fully saturated rings. The molecule has 0 aromatic heterocycles. The van der Waals surface area contributed by atoms with Gasteiger partial charge >= 0.3 is 0 Å². The summed E-state index contributed by atoms with van der Waals surface area (Å²) in [7, 11) is 2.17. The number of hydrogen-bond donors (Lipinski definition) is 1. The lowest BCUT2D eigenvalue weighted by molar-refractivity contribution is 0.237. The summed E-state index contributed by atoms with van der Waals surface area (Å²) >= 11 is 1.99. The third-order valence-corrected chi connectivity index (χ3v) is 4.48. The molecule has 3 nitrogen and oxygen atoms in total. The lowest BCUT2D eigenvalue weighted by Crippen LogP contribution is -2.46. The number of rotatable bonds is 4. The number of hydrogen-bond acceptors (Lipinski definition) is 4. The highest BCUT2D eigenvalue weighted by atomic mass is 32.2. The normalized spacial score (nSPS) is 22.7. The van der Waals surface area contributed by atoms with Gasteiger partial charge in [0.25, 0.3) is 0 Å². The van der Waals surface area contributed by atoms with Crippen LogP contribution in [0.1, 0.15) is 18.5 Å². The highest BCUT2D eigenvalue weighted by Crippen LogP contribution is 2.26. The minimum Gasteiger partial charge on any atom is -0.494 e. The first-order chi connectivity index (χ1) is 8.72. The van der Waals surface area contributed by atoms with Gasteiger partial charge < -0.3 is 10.5 Å². The van der Waals surface area contributed by atoms with Crippen LogP contribution in [0.3, 0.4) is 0 Å². The van der Waals surface area contributed by atoms with Gasteiger partial charge in [0.05, 0.1) is 6.61 Å². The Kier molecular flexibility index (Phi) is 4.92. The van der Waals surface area contributed by atoms with Gasteiger partial charge in [0, 0.05) is 30.1 Å². The number of thioether (sulfide) groups is 1. The van der Waals surface area contributed by atoms with E-state index in [2.05, 4.69) is 24.1 Å². The van der Waals surface area contributed by atoms with Gasteiger partial charge in [0.2, 0.25) is 0 Å². The van der Waals surface area contributed by atoms with E-state index < -0.39 is 0 Å². The topological polar surface area (TPSA) is 38.5 Å². The molecule has 1 aliphatic rings. The number of benzene rings is 1. The zero-order chi connectivity index (χ0) is 13.0. The van der Waals surface area contributed by atoms with Gasteiger partial charge in [-0.3, -0.25) is 4.90 Å². The Balaban J connectivity index is 2.05. The summed E-state index contributed by atoms with van der Waals surface area (Å²) in [6.07, 6.45) is 0. The molecule has 0 saturated carbocycles. The Bertz CT molecular complexity index is 369. The van der Waals surface area contributed by atoms with E-state index in [1.165, 1.54) is 11.3 Å². The number of likely N-dealkylation sites (N-methyl/N-ethyl adjacent to an activating group) is 1. The van der Waals surface area contributed by atoms with Gasteiger partial charge in [0.15, 0.2) is 0 Å². The van der Waals surface area contributed by atoms with E-state index in [-0.39, 0.29) is 6.04 Å². The SMILES string of the molecule is CCOc1ccc(C(N)C2CSCCN2C)cc1. The van der Waals surface area contributed by atoms with Gasteiger partial charge in [-0.25, -0.2) is 0 Å².